The molecule has 0 saturated carbocycles. The number of alkyl halides is 3. The second-order valence-corrected chi connectivity index (χ2v) is 4.00. The molecule has 0 spiro atoms. The molecule has 0 aliphatic carbocycles. The molecular weight excluding hydrogens is 259 g/mol. The summed E-state index contributed by atoms with van der Waals surface area (Å²) >= 11 is 0. The van der Waals surface area contributed by atoms with Gasteiger partial charge in [0.15, 0.2) is 0 Å². The van der Waals surface area contributed by atoms with E-state index in [1.807, 2.05) is 31.2 Å². The van der Waals surface area contributed by atoms with Crippen LogP contribution in [0.5, 0.6) is 0 Å². The fourth-order valence-electron chi connectivity index (χ4n) is 1.55. The summed E-state index contributed by atoms with van der Waals surface area (Å²) in [5.74, 6) is -1.27. The molecule has 0 aliphatic rings. The van der Waals surface area contributed by atoms with Gasteiger partial charge in [0.2, 0.25) is 5.89 Å². The van der Waals surface area contributed by atoms with Crippen molar-refractivity contribution in [2.75, 3.05) is 11.9 Å². The van der Waals surface area contributed by atoms with Crippen LogP contribution < -0.4 is 5.32 Å². The summed E-state index contributed by atoms with van der Waals surface area (Å²) in [6.45, 7) is 2.36. The van der Waals surface area contributed by atoms with E-state index in [2.05, 4.69) is 20.0 Å². The zero-order chi connectivity index (χ0) is 13.9. The van der Waals surface area contributed by atoms with Crippen molar-refractivity contribution < 1.29 is 17.7 Å². The number of benzene rings is 1. The highest BCUT2D eigenvalue weighted by atomic mass is 19.4. The highest BCUT2D eigenvalue weighted by Crippen LogP contribution is 2.26. The molecule has 19 heavy (non-hydrogen) atoms. The third-order valence-corrected chi connectivity index (χ3v) is 2.52. The topological polar surface area (TPSA) is 51.0 Å². The second kappa shape index (κ2) is 5.29. The molecular formula is C12H12F3N3O. The van der Waals surface area contributed by atoms with Crippen LogP contribution in [0.2, 0.25) is 0 Å². The molecule has 0 bridgehead atoms. The molecule has 0 radical (unpaired) electrons. The lowest BCUT2D eigenvalue weighted by molar-refractivity contribution is -0.146. The summed E-state index contributed by atoms with van der Waals surface area (Å²) in [6, 6.07) is 7.62. The largest absolute Gasteiger partial charge is 0.455 e. The minimum atomic E-state index is -4.56. The van der Waals surface area contributed by atoms with E-state index in [1.54, 1.807) is 0 Å². The van der Waals surface area contributed by atoms with E-state index in [0.29, 0.717) is 6.54 Å². The first kappa shape index (κ1) is 13.4. The number of rotatable bonds is 4. The first-order chi connectivity index (χ1) is 8.97. The van der Waals surface area contributed by atoms with Gasteiger partial charge in [-0.3, -0.25) is 0 Å². The van der Waals surface area contributed by atoms with Gasteiger partial charge in [0, 0.05) is 18.7 Å². The van der Waals surface area contributed by atoms with Crippen molar-refractivity contribution in [2.24, 2.45) is 0 Å². The summed E-state index contributed by atoms with van der Waals surface area (Å²) in [4.78, 5) is 3.29. The smallest absolute Gasteiger partial charge is 0.384 e. The van der Waals surface area contributed by atoms with Crippen molar-refractivity contribution >= 4 is 5.69 Å². The molecule has 7 heteroatoms. The number of nitrogens with zero attached hydrogens (tertiary/aromatic N) is 2. The molecule has 1 aromatic carbocycles. The number of halogens is 3. The molecule has 1 N–H and O–H groups in total. The monoisotopic (exact) mass is 271 g/mol. The van der Waals surface area contributed by atoms with E-state index in [1.165, 1.54) is 0 Å². The Bertz CT molecular complexity index is 551. The lowest BCUT2D eigenvalue weighted by Crippen LogP contribution is -2.09. The Kier molecular flexibility index (Phi) is 3.73. The molecule has 2 rings (SSSR count). The number of para-hydroxylation sites is 1. The quantitative estimate of drug-likeness (QED) is 0.928. The normalized spacial score (nSPS) is 11.6. The molecule has 0 saturated heterocycles. The number of hydrogen-bond donors (Lipinski definition) is 1. The van der Waals surface area contributed by atoms with E-state index in [-0.39, 0.29) is 12.3 Å². The molecule has 0 fully saturated rings. The average molecular weight is 271 g/mol. The molecule has 2 aromatic rings. The molecule has 1 aromatic heterocycles. The molecule has 0 aliphatic heterocycles. The van der Waals surface area contributed by atoms with Crippen molar-refractivity contribution in [3.8, 4) is 0 Å². The lowest BCUT2D eigenvalue weighted by Gasteiger charge is -2.07. The second-order valence-electron chi connectivity index (χ2n) is 4.00. The van der Waals surface area contributed by atoms with Gasteiger partial charge in [-0.25, -0.2) is 0 Å². The third-order valence-electron chi connectivity index (χ3n) is 2.52. The van der Waals surface area contributed by atoms with Crippen molar-refractivity contribution in [3.05, 3.63) is 41.5 Å². The van der Waals surface area contributed by atoms with Crippen LogP contribution in [0.1, 0.15) is 17.3 Å². The van der Waals surface area contributed by atoms with E-state index in [4.69, 9.17) is 0 Å². The summed E-state index contributed by atoms with van der Waals surface area (Å²) in [6.07, 6.45) is -4.33. The van der Waals surface area contributed by atoms with Crippen LogP contribution in [0, 0.1) is 6.92 Å². The Morgan fingerprint density at radius 1 is 1.26 bits per heavy atom. The summed E-state index contributed by atoms with van der Waals surface area (Å²) in [5, 5.41) is 5.99. The Balaban J connectivity index is 1.90. The Morgan fingerprint density at radius 3 is 2.63 bits per heavy atom. The maximum atomic E-state index is 12.2. The zero-order valence-corrected chi connectivity index (χ0v) is 10.2. The number of nitrogens with one attached hydrogen (secondary N) is 1. The van der Waals surface area contributed by atoms with Gasteiger partial charge in [0.1, 0.15) is 0 Å². The van der Waals surface area contributed by atoms with Gasteiger partial charge in [0.25, 0.3) is 5.82 Å². The summed E-state index contributed by atoms with van der Waals surface area (Å²) in [7, 11) is 0. The summed E-state index contributed by atoms with van der Waals surface area (Å²) in [5.41, 5.74) is 1.99. The molecule has 0 unspecified atom stereocenters. The van der Waals surface area contributed by atoms with E-state index in [9.17, 15) is 13.2 Å². The molecule has 0 amide bonds. The van der Waals surface area contributed by atoms with E-state index < -0.39 is 12.0 Å². The maximum Gasteiger partial charge on any atom is 0.455 e. The van der Waals surface area contributed by atoms with Crippen LogP contribution in [0.3, 0.4) is 0 Å². The van der Waals surface area contributed by atoms with Crippen molar-refractivity contribution in [2.45, 2.75) is 19.5 Å². The van der Waals surface area contributed by atoms with Crippen LogP contribution in [0.15, 0.2) is 28.8 Å². The third kappa shape index (κ3) is 3.46. The SMILES string of the molecule is Cc1ccccc1NCCc1nc(C(F)(F)F)no1. The van der Waals surface area contributed by atoms with E-state index >= 15 is 0 Å². The first-order valence-electron chi connectivity index (χ1n) is 5.66. The predicted octanol–water partition coefficient (Wildman–Crippen LogP) is 3.05. The first-order valence-corrected chi connectivity index (χ1v) is 5.66. The molecule has 0 atom stereocenters. The fraction of sp³-hybridized carbons (Fsp3) is 0.333. The van der Waals surface area contributed by atoms with Crippen LogP contribution in [-0.4, -0.2) is 16.7 Å². The van der Waals surface area contributed by atoms with Crippen LogP contribution in [0.25, 0.3) is 0 Å². The van der Waals surface area contributed by atoms with Gasteiger partial charge in [-0.1, -0.05) is 23.4 Å². The van der Waals surface area contributed by atoms with Gasteiger partial charge >= 0.3 is 6.18 Å². The minimum absolute atomic E-state index is 0.0339. The Labute approximate surface area is 107 Å². The van der Waals surface area contributed by atoms with Crippen molar-refractivity contribution in [1.29, 1.82) is 0 Å². The number of aromatic nitrogens is 2. The number of aryl methyl sites for hydroxylation is 1. The molecule has 102 valence electrons. The predicted molar refractivity (Wildman–Crippen MR) is 62.7 cm³/mol. The standard InChI is InChI=1S/C12H12F3N3O/c1-8-4-2-3-5-9(8)16-7-6-10-17-11(18-19-10)12(13,14)15/h2-5,16H,6-7H2,1H3. The van der Waals surface area contributed by atoms with Crippen LogP contribution in [0.4, 0.5) is 18.9 Å². The van der Waals surface area contributed by atoms with Crippen molar-refractivity contribution in [3.63, 3.8) is 0 Å². The number of hydrogen-bond acceptors (Lipinski definition) is 4. The zero-order valence-electron chi connectivity index (χ0n) is 10.2. The van der Waals surface area contributed by atoms with Crippen LogP contribution in [-0.2, 0) is 12.6 Å². The minimum Gasteiger partial charge on any atom is -0.384 e. The molecule has 1 heterocycles. The Hall–Kier alpha value is -2.05. The van der Waals surface area contributed by atoms with Gasteiger partial charge in [-0.05, 0) is 18.6 Å². The Morgan fingerprint density at radius 2 is 2.00 bits per heavy atom. The fourth-order valence-corrected chi connectivity index (χ4v) is 1.55. The van der Waals surface area contributed by atoms with Crippen molar-refractivity contribution in [1.82, 2.24) is 10.1 Å². The van der Waals surface area contributed by atoms with Gasteiger partial charge in [-0.15, -0.1) is 0 Å². The summed E-state index contributed by atoms with van der Waals surface area (Å²) < 4.78 is 41.3. The average Bonchev–Trinajstić information content (AvgIpc) is 2.80. The highest BCUT2D eigenvalue weighted by molar-refractivity contribution is 5.50. The molecule has 4 nitrogen and oxygen atoms in total. The highest BCUT2D eigenvalue weighted by Gasteiger charge is 2.37. The van der Waals surface area contributed by atoms with Gasteiger partial charge in [0.05, 0.1) is 0 Å². The van der Waals surface area contributed by atoms with Gasteiger partial charge in [-0.2, -0.15) is 18.2 Å². The lowest BCUT2D eigenvalue weighted by atomic mass is 10.2. The van der Waals surface area contributed by atoms with Gasteiger partial charge < -0.3 is 9.84 Å². The maximum absolute atomic E-state index is 12.2. The number of anilines is 1. The van der Waals surface area contributed by atoms with Crippen LogP contribution >= 0.6 is 0 Å². The van der Waals surface area contributed by atoms with E-state index in [0.717, 1.165) is 11.3 Å².